The van der Waals surface area contributed by atoms with Gasteiger partial charge in [0, 0.05) is 54.8 Å². The van der Waals surface area contributed by atoms with Gasteiger partial charge in [-0.25, -0.2) is 0 Å². The van der Waals surface area contributed by atoms with Crippen molar-refractivity contribution in [3.05, 3.63) is 0 Å². The van der Waals surface area contributed by atoms with Crippen LogP contribution in [0, 0.1) is 0 Å². The lowest BCUT2D eigenvalue weighted by Crippen LogP contribution is -2.61. The largest absolute Gasteiger partial charge is 0.329 e. The van der Waals surface area contributed by atoms with Crippen LogP contribution in [0.1, 0.15) is 33.1 Å². The summed E-state index contributed by atoms with van der Waals surface area (Å²) >= 11 is 2.10. The number of nitrogens with zero attached hydrogens (tertiary/aromatic N) is 2. The third-order valence-electron chi connectivity index (χ3n) is 5.09. The Kier molecular flexibility index (Phi) is 3.65. The Labute approximate surface area is 115 Å². The summed E-state index contributed by atoms with van der Waals surface area (Å²) in [6.07, 6.45) is 4.10. The fourth-order valence-electron chi connectivity index (χ4n) is 4.03. The monoisotopic (exact) mass is 269 g/mol. The molecule has 18 heavy (non-hydrogen) atoms. The molecule has 1 saturated carbocycles. The molecule has 2 N–H and O–H groups in total. The molecule has 104 valence electrons. The van der Waals surface area contributed by atoms with Crippen LogP contribution in [0.4, 0.5) is 0 Å². The van der Waals surface area contributed by atoms with E-state index in [1.165, 1.54) is 43.9 Å². The molecule has 2 heterocycles. The van der Waals surface area contributed by atoms with Gasteiger partial charge in [-0.3, -0.25) is 9.80 Å². The molecule has 4 heteroatoms. The predicted molar refractivity (Wildman–Crippen MR) is 79.1 cm³/mol. The van der Waals surface area contributed by atoms with E-state index in [4.69, 9.17) is 5.73 Å². The molecule has 2 saturated heterocycles. The van der Waals surface area contributed by atoms with Gasteiger partial charge in [-0.15, -0.1) is 0 Å². The average Bonchev–Trinajstić information content (AvgIpc) is 3.15. The van der Waals surface area contributed by atoms with Crippen molar-refractivity contribution in [3.8, 4) is 0 Å². The number of rotatable bonds is 3. The molecule has 0 spiro atoms. The van der Waals surface area contributed by atoms with Gasteiger partial charge < -0.3 is 5.73 Å². The number of thioether (sulfide) groups is 1. The lowest BCUT2D eigenvalue weighted by Gasteiger charge is -2.46. The van der Waals surface area contributed by atoms with Crippen molar-refractivity contribution in [3.63, 3.8) is 0 Å². The summed E-state index contributed by atoms with van der Waals surface area (Å²) < 4.78 is 0. The highest BCUT2D eigenvalue weighted by Crippen LogP contribution is 2.41. The zero-order valence-electron chi connectivity index (χ0n) is 11.8. The van der Waals surface area contributed by atoms with Gasteiger partial charge in [-0.2, -0.15) is 11.8 Å². The summed E-state index contributed by atoms with van der Waals surface area (Å²) in [5.41, 5.74) is 6.50. The second-order valence-corrected chi connectivity index (χ2v) is 7.65. The van der Waals surface area contributed by atoms with Crippen LogP contribution in [-0.2, 0) is 0 Å². The van der Waals surface area contributed by atoms with Crippen LogP contribution in [0.25, 0.3) is 0 Å². The van der Waals surface area contributed by atoms with E-state index in [0.29, 0.717) is 6.04 Å². The Morgan fingerprint density at radius 2 is 2.06 bits per heavy atom. The fraction of sp³-hybridized carbons (Fsp3) is 1.00. The first-order chi connectivity index (χ1) is 8.66. The fourth-order valence-corrected chi connectivity index (χ4v) is 5.04. The normalized spacial score (nSPS) is 43.5. The van der Waals surface area contributed by atoms with E-state index in [0.717, 1.165) is 18.6 Å². The first-order valence-corrected chi connectivity index (χ1v) is 8.62. The molecule has 3 rings (SSSR count). The second-order valence-electron chi connectivity index (χ2n) is 6.50. The molecule has 2 aliphatic heterocycles. The summed E-state index contributed by atoms with van der Waals surface area (Å²) in [5, 5.41) is 0. The Balaban J connectivity index is 1.77. The summed E-state index contributed by atoms with van der Waals surface area (Å²) in [5.74, 6) is 2.56. The first-order valence-electron chi connectivity index (χ1n) is 7.46. The minimum atomic E-state index is 0.266. The van der Waals surface area contributed by atoms with E-state index >= 15 is 0 Å². The molecule has 0 radical (unpaired) electrons. The average molecular weight is 269 g/mol. The minimum Gasteiger partial charge on any atom is -0.329 e. The third-order valence-corrected chi connectivity index (χ3v) is 6.28. The van der Waals surface area contributed by atoms with Gasteiger partial charge in [-0.05, 0) is 33.1 Å². The molecule has 3 nitrogen and oxygen atoms in total. The van der Waals surface area contributed by atoms with Gasteiger partial charge in [-0.1, -0.05) is 0 Å². The third kappa shape index (κ3) is 2.21. The Morgan fingerprint density at radius 1 is 1.28 bits per heavy atom. The molecular formula is C14H27N3S. The molecule has 3 atom stereocenters. The van der Waals surface area contributed by atoms with Crippen molar-refractivity contribution in [2.75, 3.05) is 31.1 Å². The SMILES string of the molecule is CC1CC(CN)(N2CCSCC2C)CN1C1CC1. The highest BCUT2D eigenvalue weighted by atomic mass is 32.2. The van der Waals surface area contributed by atoms with Crippen LogP contribution < -0.4 is 5.73 Å². The highest BCUT2D eigenvalue weighted by Gasteiger charge is 2.50. The predicted octanol–water partition coefficient (Wildman–Crippen LogP) is 1.38. The molecule has 3 unspecified atom stereocenters. The molecule has 1 aliphatic carbocycles. The summed E-state index contributed by atoms with van der Waals surface area (Å²) in [4.78, 5) is 5.48. The maximum absolute atomic E-state index is 6.23. The van der Waals surface area contributed by atoms with Crippen molar-refractivity contribution in [2.45, 2.75) is 56.8 Å². The Morgan fingerprint density at radius 3 is 2.67 bits per heavy atom. The smallest absolute Gasteiger partial charge is 0.0476 e. The van der Waals surface area contributed by atoms with Gasteiger partial charge in [0.2, 0.25) is 0 Å². The molecular weight excluding hydrogens is 242 g/mol. The van der Waals surface area contributed by atoms with Crippen molar-refractivity contribution in [1.82, 2.24) is 9.80 Å². The lowest BCUT2D eigenvalue weighted by molar-refractivity contribution is 0.0716. The Hall–Kier alpha value is 0.230. The summed E-state index contributed by atoms with van der Waals surface area (Å²) in [6.45, 7) is 8.06. The molecule has 0 aromatic carbocycles. The zero-order chi connectivity index (χ0) is 12.8. The molecule has 3 fully saturated rings. The Bertz CT molecular complexity index is 307. The van der Waals surface area contributed by atoms with Gasteiger partial charge in [0.15, 0.2) is 0 Å². The van der Waals surface area contributed by atoms with Crippen LogP contribution in [0.5, 0.6) is 0 Å². The molecule has 0 bridgehead atoms. The van der Waals surface area contributed by atoms with E-state index in [2.05, 4.69) is 35.4 Å². The molecule has 0 aromatic heterocycles. The van der Waals surface area contributed by atoms with Crippen LogP contribution in [0.2, 0.25) is 0 Å². The van der Waals surface area contributed by atoms with Crippen molar-refractivity contribution < 1.29 is 0 Å². The van der Waals surface area contributed by atoms with E-state index in [9.17, 15) is 0 Å². The van der Waals surface area contributed by atoms with E-state index in [1.54, 1.807) is 0 Å². The highest BCUT2D eigenvalue weighted by molar-refractivity contribution is 7.99. The molecule has 0 amide bonds. The van der Waals surface area contributed by atoms with Gasteiger partial charge in [0.05, 0.1) is 0 Å². The molecule has 0 aromatic rings. The maximum atomic E-state index is 6.23. The number of hydrogen-bond donors (Lipinski definition) is 1. The van der Waals surface area contributed by atoms with Crippen LogP contribution in [-0.4, -0.2) is 64.6 Å². The van der Waals surface area contributed by atoms with Crippen molar-refractivity contribution >= 4 is 11.8 Å². The van der Waals surface area contributed by atoms with Crippen molar-refractivity contribution in [2.24, 2.45) is 5.73 Å². The second kappa shape index (κ2) is 4.97. The first kappa shape index (κ1) is 13.2. The summed E-state index contributed by atoms with van der Waals surface area (Å²) in [6, 6.07) is 2.30. The number of hydrogen-bond acceptors (Lipinski definition) is 4. The van der Waals surface area contributed by atoms with Crippen molar-refractivity contribution in [1.29, 1.82) is 0 Å². The van der Waals surface area contributed by atoms with Crippen LogP contribution in [0.3, 0.4) is 0 Å². The zero-order valence-corrected chi connectivity index (χ0v) is 12.6. The van der Waals surface area contributed by atoms with Gasteiger partial charge in [0.1, 0.15) is 0 Å². The van der Waals surface area contributed by atoms with Crippen LogP contribution >= 0.6 is 11.8 Å². The topological polar surface area (TPSA) is 32.5 Å². The van der Waals surface area contributed by atoms with E-state index in [-0.39, 0.29) is 5.54 Å². The summed E-state index contributed by atoms with van der Waals surface area (Å²) in [7, 11) is 0. The standard InChI is InChI=1S/C14H27N3S/c1-11-7-14(9-15,10-16(11)13-3-4-13)17-5-6-18-8-12(17)2/h11-13H,3-10,15H2,1-2H3. The van der Waals surface area contributed by atoms with E-state index < -0.39 is 0 Å². The molecule has 3 aliphatic rings. The quantitative estimate of drug-likeness (QED) is 0.839. The van der Waals surface area contributed by atoms with E-state index in [1.807, 2.05) is 0 Å². The number of likely N-dealkylation sites (tertiary alicyclic amines) is 1. The maximum Gasteiger partial charge on any atom is 0.0476 e. The minimum absolute atomic E-state index is 0.266. The van der Waals surface area contributed by atoms with Gasteiger partial charge >= 0.3 is 0 Å². The van der Waals surface area contributed by atoms with Crippen LogP contribution in [0.15, 0.2) is 0 Å². The van der Waals surface area contributed by atoms with Gasteiger partial charge in [0.25, 0.3) is 0 Å². The lowest BCUT2D eigenvalue weighted by atomic mass is 9.92. The number of nitrogens with two attached hydrogens (primary N) is 1.